The van der Waals surface area contributed by atoms with E-state index in [4.69, 9.17) is 0 Å². The summed E-state index contributed by atoms with van der Waals surface area (Å²) >= 11 is 1.18. The lowest BCUT2D eigenvalue weighted by molar-refractivity contribution is -0.144. The number of rotatable bonds is 5. The number of benzene rings is 1. The average molecular weight is 510 g/mol. The van der Waals surface area contributed by atoms with E-state index in [9.17, 15) is 26.4 Å². The van der Waals surface area contributed by atoms with Crippen molar-refractivity contribution in [3.8, 4) is 21.1 Å². The highest BCUT2D eigenvalue weighted by Gasteiger charge is 2.36. The number of hydrogen-bond donors (Lipinski definition) is 0. The highest BCUT2D eigenvalue weighted by molar-refractivity contribution is 7.91. The van der Waals surface area contributed by atoms with Crippen molar-refractivity contribution in [1.82, 2.24) is 14.1 Å². The Bertz CT molecular complexity index is 1560. The molecule has 11 heteroatoms. The fourth-order valence-electron chi connectivity index (χ4n) is 3.85. The Labute approximate surface area is 198 Å². The standard InChI is InChI=1S/C23H22F3N3O3S2/c1-5-29-18(23(24,25)26)11-15-19(22(29)30)28(4)21(27-15)20-17(34(31,32)6-2)12-16(33-20)14-9-7-13(3)8-10-14/h7-12H,5-6H2,1-4H3. The van der Waals surface area contributed by atoms with E-state index in [2.05, 4.69) is 4.98 Å². The van der Waals surface area contributed by atoms with Crippen LogP contribution in [0.15, 0.2) is 46.1 Å². The SMILES string of the molecule is CCn1c(C(F)(F)F)cc2nc(-c3sc(-c4ccc(C)cc4)cc3S(=O)(=O)CC)n(C)c2c1=O. The highest BCUT2D eigenvalue weighted by atomic mass is 32.2. The maximum absolute atomic E-state index is 13.6. The van der Waals surface area contributed by atoms with Gasteiger partial charge < -0.3 is 9.13 Å². The fraction of sp³-hybridized carbons (Fsp3) is 0.304. The van der Waals surface area contributed by atoms with Crippen molar-refractivity contribution in [1.29, 1.82) is 0 Å². The highest BCUT2D eigenvalue weighted by Crippen LogP contribution is 2.41. The summed E-state index contributed by atoms with van der Waals surface area (Å²) < 4.78 is 68.7. The summed E-state index contributed by atoms with van der Waals surface area (Å²) in [6.45, 7) is 4.75. The fourth-order valence-corrected chi connectivity index (χ4v) is 6.49. The van der Waals surface area contributed by atoms with Gasteiger partial charge in [-0.15, -0.1) is 11.3 Å². The molecule has 4 aromatic rings. The van der Waals surface area contributed by atoms with Crippen LogP contribution in [-0.4, -0.2) is 28.3 Å². The van der Waals surface area contributed by atoms with E-state index in [0.29, 0.717) is 9.44 Å². The summed E-state index contributed by atoms with van der Waals surface area (Å²) in [5.41, 5.74) is -0.223. The van der Waals surface area contributed by atoms with Crippen LogP contribution in [0.4, 0.5) is 13.2 Å². The van der Waals surface area contributed by atoms with Gasteiger partial charge in [0.15, 0.2) is 15.7 Å². The number of halogens is 3. The molecule has 6 nitrogen and oxygen atoms in total. The van der Waals surface area contributed by atoms with Gasteiger partial charge in [-0.05, 0) is 31.5 Å². The first-order valence-electron chi connectivity index (χ1n) is 10.5. The van der Waals surface area contributed by atoms with Crippen molar-refractivity contribution in [2.45, 2.75) is 38.4 Å². The second-order valence-electron chi connectivity index (χ2n) is 7.88. The van der Waals surface area contributed by atoms with Gasteiger partial charge in [-0.25, -0.2) is 13.4 Å². The molecule has 0 saturated heterocycles. The van der Waals surface area contributed by atoms with Crippen LogP contribution in [0.1, 0.15) is 25.1 Å². The Hall–Kier alpha value is -2.92. The van der Waals surface area contributed by atoms with Crippen LogP contribution in [0.2, 0.25) is 0 Å². The predicted molar refractivity (Wildman–Crippen MR) is 127 cm³/mol. The Morgan fingerprint density at radius 2 is 1.74 bits per heavy atom. The summed E-state index contributed by atoms with van der Waals surface area (Å²) in [7, 11) is -2.18. The molecule has 0 saturated carbocycles. The molecule has 0 aliphatic heterocycles. The normalized spacial score (nSPS) is 12.6. The van der Waals surface area contributed by atoms with E-state index in [1.165, 1.54) is 36.8 Å². The molecule has 0 spiro atoms. The number of aryl methyl sites for hydroxylation is 2. The van der Waals surface area contributed by atoms with Gasteiger partial charge in [0.25, 0.3) is 5.56 Å². The van der Waals surface area contributed by atoms with Crippen LogP contribution in [-0.2, 0) is 29.6 Å². The molecule has 0 aliphatic rings. The average Bonchev–Trinajstić information content (AvgIpc) is 3.35. The number of imidazole rings is 1. The molecule has 0 N–H and O–H groups in total. The molecule has 180 valence electrons. The lowest BCUT2D eigenvalue weighted by Gasteiger charge is -2.13. The first-order valence-corrected chi connectivity index (χ1v) is 13.0. The molecule has 0 atom stereocenters. The first kappa shape index (κ1) is 24.2. The number of aromatic nitrogens is 3. The lowest BCUT2D eigenvalue weighted by atomic mass is 10.1. The molecule has 0 amide bonds. The molecule has 3 aromatic heterocycles. The van der Waals surface area contributed by atoms with Crippen LogP contribution in [0.5, 0.6) is 0 Å². The lowest BCUT2D eigenvalue weighted by Crippen LogP contribution is -2.28. The molecule has 34 heavy (non-hydrogen) atoms. The molecular weight excluding hydrogens is 487 g/mol. The summed E-state index contributed by atoms with van der Waals surface area (Å²) in [4.78, 5) is 18.3. The number of sulfone groups is 1. The van der Waals surface area contributed by atoms with E-state index < -0.39 is 27.3 Å². The smallest absolute Gasteiger partial charge is 0.322 e. The summed E-state index contributed by atoms with van der Waals surface area (Å²) in [5, 5.41) is 0. The van der Waals surface area contributed by atoms with Gasteiger partial charge in [-0.2, -0.15) is 13.2 Å². The van der Waals surface area contributed by atoms with Crippen LogP contribution < -0.4 is 5.56 Å². The van der Waals surface area contributed by atoms with Crippen LogP contribution in [0, 0.1) is 6.92 Å². The molecule has 0 radical (unpaired) electrons. The first-order chi connectivity index (χ1) is 15.9. The maximum Gasteiger partial charge on any atom is 0.431 e. The Morgan fingerprint density at radius 3 is 2.29 bits per heavy atom. The second kappa shape index (κ2) is 8.38. The van der Waals surface area contributed by atoms with E-state index >= 15 is 0 Å². The number of alkyl halides is 3. The minimum Gasteiger partial charge on any atom is -0.322 e. The molecular formula is C23H22F3N3O3S2. The minimum absolute atomic E-state index is 0.0185. The molecule has 4 rings (SSSR count). The van der Waals surface area contributed by atoms with Gasteiger partial charge in [-0.3, -0.25) is 4.79 Å². The summed E-state index contributed by atoms with van der Waals surface area (Å²) in [6.07, 6.45) is -4.74. The minimum atomic E-state index is -4.74. The molecule has 0 unspecified atom stereocenters. The van der Waals surface area contributed by atoms with Crippen LogP contribution in [0.3, 0.4) is 0 Å². The van der Waals surface area contributed by atoms with Gasteiger partial charge >= 0.3 is 6.18 Å². The van der Waals surface area contributed by atoms with Crippen molar-refractivity contribution in [3.63, 3.8) is 0 Å². The zero-order valence-corrected chi connectivity index (χ0v) is 20.5. The monoisotopic (exact) mass is 509 g/mol. The van der Waals surface area contributed by atoms with Crippen molar-refractivity contribution < 1.29 is 21.6 Å². The number of nitrogens with zero attached hydrogens (tertiary/aromatic N) is 3. The van der Waals surface area contributed by atoms with Crippen molar-refractivity contribution in [3.05, 3.63) is 58.0 Å². The van der Waals surface area contributed by atoms with Gasteiger partial charge in [-0.1, -0.05) is 36.8 Å². The van der Waals surface area contributed by atoms with Crippen molar-refractivity contribution in [2.75, 3.05) is 5.75 Å². The van der Waals surface area contributed by atoms with E-state index in [1.807, 2.05) is 31.2 Å². The third-order valence-corrected chi connectivity index (χ3v) is 8.75. The molecule has 0 aliphatic carbocycles. The van der Waals surface area contributed by atoms with Crippen molar-refractivity contribution in [2.24, 2.45) is 7.05 Å². The Balaban J connectivity index is 2.04. The zero-order chi connectivity index (χ0) is 25.0. The van der Waals surface area contributed by atoms with Gasteiger partial charge in [0, 0.05) is 18.5 Å². The van der Waals surface area contributed by atoms with E-state index in [0.717, 1.165) is 17.2 Å². The van der Waals surface area contributed by atoms with Gasteiger partial charge in [0.2, 0.25) is 0 Å². The van der Waals surface area contributed by atoms with Gasteiger partial charge in [0.1, 0.15) is 11.2 Å². The molecule has 1 aromatic carbocycles. The maximum atomic E-state index is 13.6. The van der Waals surface area contributed by atoms with E-state index in [1.54, 1.807) is 6.07 Å². The molecule has 3 heterocycles. The predicted octanol–water partition coefficient (Wildman–Crippen LogP) is 5.27. The summed E-state index contributed by atoms with van der Waals surface area (Å²) in [5.74, 6) is -0.0287. The molecule has 0 bridgehead atoms. The topological polar surface area (TPSA) is 74.0 Å². The number of fused-ring (bicyclic) bond motifs is 1. The third kappa shape index (κ3) is 3.96. The van der Waals surface area contributed by atoms with Crippen molar-refractivity contribution >= 4 is 32.2 Å². The van der Waals surface area contributed by atoms with Crippen LogP contribution in [0.25, 0.3) is 32.2 Å². The van der Waals surface area contributed by atoms with Gasteiger partial charge in [0.05, 0.1) is 21.0 Å². The Morgan fingerprint density at radius 1 is 1.09 bits per heavy atom. The summed E-state index contributed by atoms with van der Waals surface area (Å²) in [6, 6.07) is 9.96. The second-order valence-corrected chi connectivity index (χ2v) is 11.2. The number of thiophene rings is 1. The zero-order valence-electron chi connectivity index (χ0n) is 18.9. The number of pyridine rings is 1. The quantitative estimate of drug-likeness (QED) is 0.367. The van der Waals surface area contributed by atoms with Crippen LogP contribution >= 0.6 is 11.3 Å². The number of hydrogen-bond acceptors (Lipinski definition) is 5. The van der Waals surface area contributed by atoms with E-state index in [-0.39, 0.29) is 38.9 Å². The Kier molecular flexibility index (Phi) is 5.97. The molecule has 0 fully saturated rings. The largest absolute Gasteiger partial charge is 0.431 e. The third-order valence-electron chi connectivity index (χ3n) is 5.69.